The highest BCUT2D eigenvalue weighted by atomic mass is 32.2. The van der Waals surface area contributed by atoms with Gasteiger partial charge in [0.25, 0.3) is 0 Å². The average Bonchev–Trinajstić information content (AvgIpc) is 2.05. The minimum Gasteiger partial charge on any atom is -0.369 e. The van der Waals surface area contributed by atoms with Crippen molar-refractivity contribution in [1.29, 1.82) is 0 Å². The second-order valence-electron chi connectivity index (χ2n) is 3.14. The largest absolute Gasteiger partial charge is 0.369 e. The van der Waals surface area contributed by atoms with Crippen LogP contribution in [-0.4, -0.2) is 17.4 Å². The predicted molar refractivity (Wildman–Crippen MR) is 48.4 cm³/mol. The maximum atomic E-state index is 10.8. The number of carbonyl (C=O) groups excluding carboxylic acids is 1. The summed E-state index contributed by atoms with van der Waals surface area (Å²) in [5.41, 5.74) is 5.22. The number of hydrogen-bond donors (Lipinski definition) is 1. The average molecular weight is 173 g/mol. The van der Waals surface area contributed by atoms with Gasteiger partial charge in [0.2, 0.25) is 5.91 Å². The summed E-state index contributed by atoms with van der Waals surface area (Å²) in [4.78, 5) is 10.8. The van der Waals surface area contributed by atoms with Gasteiger partial charge < -0.3 is 5.73 Å². The van der Waals surface area contributed by atoms with Crippen molar-refractivity contribution in [3.05, 3.63) is 0 Å². The van der Waals surface area contributed by atoms with E-state index in [1.807, 2.05) is 18.7 Å². The van der Waals surface area contributed by atoms with E-state index in [-0.39, 0.29) is 11.8 Å². The first kappa shape index (κ1) is 8.91. The van der Waals surface area contributed by atoms with Crippen LogP contribution < -0.4 is 5.73 Å². The number of rotatable bonds is 2. The molecule has 1 atom stereocenters. The first-order chi connectivity index (χ1) is 5.22. The van der Waals surface area contributed by atoms with E-state index >= 15 is 0 Å². The van der Waals surface area contributed by atoms with E-state index in [9.17, 15) is 4.79 Å². The molecule has 3 heteroatoms. The lowest BCUT2D eigenvalue weighted by atomic mass is 9.88. The third-order valence-electron chi connectivity index (χ3n) is 2.42. The highest BCUT2D eigenvalue weighted by Crippen LogP contribution is 2.28. The van der Waals surface area contributed by atoms with Gasteiger partial charge in [0, 0.05) is 5.92 Å². The van der Waals surface area contributed by atoms with E-state index in [2.05, 4.69) is 0 Å². The fraction of sp³-hybridized carbons (Fsp3) is 0.875. The molecule has 1 aliphatic heterocycles. The molecule has 0 radical (unpaired) electrons. The Bertz CT molecular complexity index is 143. The second-order valence-corrected chi connectivity index (χ2v) is 4.37. The Hall–Kier alpha value is -0.180. The summed E-state index contributed by atoms with van der Waals surface area (Å²) in [6, 6.07) is 0. The topological polar surface area (TPSA) is 43.1 Å². The van der Waals surface area contributed by atoms with E-state index in [1.54, 1.807) is 0 Å². The van der Waals surface area contributed by atoms with Crippen molar-refractivity contribution in [2.24, 2.45) is 17.6 Å². The van der Waals surface area contributed by atoms with Gasteiger partial charge in [-0.2, -0.15) is 11.8 Å². The molecule has 1 saturated heterocycles. The maximum absolute atomic E-state index is 10.8. The molecule has 0 saturated carbocycles. The molecule has 0 aromatic heterocycles. The van der Waals surface area contributed by atoms with Crippen molar-refractivity contribution in [1.82, 2.24) is 0 Å². The van der Waals surface area contributed by atoms with Gasteiger partial charge in [0.15, 0.2) is 0 Å². The Morgan fingerprint density at radius 3 is 2.55 bits per heavy atom. The van der Waals surface area contributed by atoms with Gasteiger partial charge >= 0.3 is 0 Å². The van der Waals surface area contributed by atoms with Gasteiger partial charge in [-0.25, -0.2) is 0 Å². The summed E-state index contributed by atoms with van der Waals surface area (Å²) in [5.74, 6) is 2.89. The van der Waals surface area contributed by atoms with E-state index in [4.69, 9.17) is 5.73 Å². The summed E-state index contributed by atoms with van der Waals surface area (Å²) >= 11 is 1.98. The van der Waals surface area contributed by atoms with Gasteiger partial charge in [0.05, 0.1) is 0 Å². The van der Waals surface area contributed by atoms with E-state index in [0.717, 1.165) is 12.8 Å². The smallest absolute Gasteiger partial charge is 0.220 e. The number of thioether (sulfide) groups is 1. The molecular weight excluding hydrogens is 158 g/mol. The van der Waals surface area contributed by atoms with Crippen molar-refractivity contribution in [2.75, 3.05) is 11.5 Å². The number of primary amides is 1. The molecule has 2 N–H and O–H groups in total. The number of carbonyl (C=O) groups is 1. The van der Waals surface area contributed by atoms with Gasteiger partial charge in [-0.3, -0.25) is 4.79 Å². The Morgan fingerprint density at radius 2 is 2.09 bits per heavy atom. The van der Waals surface area contributed by atoms with Gasteiger partial charge in [-0.05, 0) is 30.3 Å². The standard InChI is InChI=1S/C8H15NOS/c1-6(8(9)10)7-2-4-11-5-3-7/h6-7H,2-5H2,1H3,(H2,9,10). The molecule has 1 unspecified atom stereocenters. The van der Waals surface area contributed by atoms with Crippen molar-refractivity contribution >= 4 is 17.7 Å². The van der Waals surface area contributed by atoms with Crippen LogP contribution in [0.4, 0.5) is 0 Å². The molecule has 1 aliphatic rings. The summed E-state index contributed by atoms with van der Waals surface area (Å²) in [6.45, 7) is 1.95. The lowest BCUT2D eigenvalue weighted by Gasteiger charge is -2.24. The first-order valence-electron chi connectivity index (χ1n) is 4.09. The van der Waals surface area contributed by atoms with Crippen LogP contribution in [0, 0.1) is 11.8 Å². The number of hydrogen-bond acceptors (Lipinski definition) is 2. The van der Waals surface area contributed by atoms with Crippen LogP contribution in [0.5, 0.6) is 0 Å². The Kier molecular flexibility index (Phi) is 3.24. The predicted octanol–water partition coefficient (Wildman–Crippen LogP) is 1.25. The van der Waals surface area contributed by atoms with Gasteiger partial charge in [0.1, 0.15) is 0 Å². The van der Waals surface area contributed by atoms with Crippen LogP contribution in [-0.2, 0) is 4.79 Å². The fourth-order valence-corrected chi connectivity index (χ4v) is 2.59. The van der Waals surface area contributed by atoms with Crippen LogP contribution in [0.2, 0.25) is 0 Å². The monoisotopic (exact) mass is 173 g/mol. The van der Waals surface area contributed by atoms with E-state index < -0.39 is 0 Å². The third kappa shape index (κ3) is 2.40. The fourth-order valence-electron chi connectivity index (χ4n) is 1.45. The zero-order valence-corrected chi connectivity index (χ0v) is 7.69. The second kappa shape index (κ2) is 4.00. The van der Waals surface area contributed by atoms with Crippen molar-refractivity contribution in [3.8, 4) is 0 Å². The van der Waals surface area contributed by atoms with Crippen LogP contribution >= 0.6 is 11.8 Å². The van der Waals surface area contributed by atoms with Crippen LogP contribution in [0.1, 0.15) is 19.8 Å². The van der Waals surface area contributed by atoms with Gasteiger partial charge in [-0.15, -0.1) is 0 Å². The zero-order chi connectivity index (χ0) is 8.27. The summed E-state index contributed by atoms with van der Waals surface area (Å²) in [7, 11) is 0. The Balaban J connectivity index is 2.38. The number of nitrogens with two attached hydrogens (primary N) is 1. The highest BCUT2D eigenvalue weighted by molar-refractivity contribution is 7.99. The molecule has 0 spiro atoms. The molecule has 0 bridgehead atoms. The molecule has 1 rings (SSSR count). The quantitative estimate of drug-likeness (QED) is 0.683. The zero-order valence-electron chi connectivity index (χ0n) is 6.88. The normalized spacial score (nSPS) is 23.0. The van der Waals surface area contributed by atoms with E-state index in [0.29, 0.717) is 5.92 Å². The Labute approximate surface area is 71.9 Å². The molecule has 11 heavy (non-hydrogen) atoms. The molecule has 2 nitrogen and oxygen atoms in total. The molecule has 1 heterocycles. The summed E-state index contributed by atoms with van der Waals surface area (Å²) in [6.07, 6.45) is 2.32. The number of amides is 1. The molecule has 0 aromatic rings. The van der Waals surface area contributed by atoms with Crippen LogP contribution in [0.3, 0.4) is 0 Å². The van der Waals surface area contributed by atoms with Crippen molar-refractivity contribution in [3.63, 3.8) is 0 Å². The third-order valence-corrected chi connectivity index (χ3v) is 3.47. The van der Waals surface area contributed by atoms with Crippen LogP contribution in [0.25, 0.3) is 0 Å². The first-order valence-corrected chi connectivity index (χ1v) is 5.24. The maximum Gasteiger partial charge on any atom is 0.220 e. The Morgan fingerprint density at radius 1 is 1.55 bits per heavy atom. The van der Waals surface area contributed by atoms with Crippen molar-refractivity contribution < 1.29 is 4.79 Å². The minimum atomic E-state index is -0.137. The van der Waals surface area contributed by atoms with E-state index in [1.165, 1.54) is 11.5 Å². The van der Waals surface area contributed by atoms with Crippen LogP contribution in [0.15, 0.2) is 0 Å². The minimum absolute atomic E-state index is 0.0795. The summed E-state index contributed by atoms with van der Waals surface area (Å²) in [5, 5.41) is 0. The molecule has 1 fully saturated rings. The highest BCUT2D eigenvalue weighted by Gasteiger charge is 2.23. The molecule has 1 amide bonds. The molecule has 0 aromatic carbocycles. The molecule has 0 aliphatic carbocycles. The molecule has 64 valence electrons. The lowest BCUT2D eigenvalue weighted by Crippen LogP contribution is -2.29. The lowest BCUT2D eigenvalue weighted by molar-refractivity contribution is -0.122. The SMILES string of the molecule is CC(C(N)=O)C1CCSCC1. The van der Waals surface area contributed by atoms with Crippen molar-refractivity contribution in [2.45, 2.75) is 19.8 Å². The molecular formula is C8H15NOS. The summed E-state index contributed by atoms with van der Waals surface area (Å²) < 4.78 is 0. The van der Waals surface area contributed by atoms with Gasteiger partial charge in [-0.1, -0.05) is 6.92 Å².